The van der Waals surface area contributed by atoms with E-state index in [0.29, 0.717) is 11.3 Å². The molecule has 0 atom stereocenters. The molecule has 1 amide bonds. The summed E-state index contributed by atoms with van der Waals surface area (Å²) in [5, 5.41) is 11.8. The molecule has 2 N–H and O–H groups in total. The predicted molar refractivity (Wildman–Crippen MR) is 97.8 cm³/mol. The van der Waals surface area contributed by atoms with Crippen LogP contribution in [-0.2, 0) is 4.79 Å². The number of amides is 1. The molecule has 0 bridgehead atoms. The van der Waals surface area contributed by atoms with E-state index >= 15 is 0 Å². The zero-order chi connectivity index (χ0) is 19.1. The second kappa shape index (κ2) is 8.80. The normalized spacial score (nSPS) is 10.4. The highest BCUT2D eigenvalue weighted by molar-refractivity contribution is 6.01. The Morgan fingerprint density at radius 2 is 1.69 bits per heavy atom. The van der Waals surface area contributed by atoms with Crippen LogP contribution in [0.4, 0.5) is 5.69 Å². The summed E-state index contributed by atoms with van der Waals surface area (Å²) >= 11 is 0. The molecule has 0 spiro atoms. The van der Waals surface area contributed by atoms with Gasteiger partial charge in [-0.15, -0.1) is 0 Å². The van der Waals surface area contributed by atoms with Gasteiger partial charge in [0.2, 0.25) is 5.91 Å². The fraction of sp³-hybridized carbons (Fsp3) is 0.250. The van der Waals surface area contributed by atoms with Crippen LogP contribution < -0.4 is 10.1 Å². The molecule has 2 rings (SSSR count). The molecule has 0 aliphatic carbocycles. The standard InChI is InChI=1S/C20H21NO5/c1-13(2)26-18-10-8-15(20(24)25)12-16(18)21-19(23)11-9-17(22)14-6-4-3-5-7-14/h3-8,10,12-13H,9,11H2,1-2H3,(H,21,23)(H,24,25). The molecule has 2 aromatic carbocycles. The van der Waals surface area contributed by atoms with Gasteiger partial charge in [0.15, 0.2) is 5.78 Å². The first kappa shape index (κ1) is 19.2. The van der Waals surface area contributed by atoms with Crippen molar-refractivity contribution in [2.75, 3.05) is 5.32 Å². The number of nitrogens with one attached hydrogen (secondary N) is 1. The Bertz CT molecular complexity index is 799. The van der Waals surface area contributed by atoms with Crippen molar-refractivity contribution in [2.24, 2.45) is 0 Å². The molecule has 6 nitrogen and oxygen atoms in total. The van der Waals surface area contributed by atoms with E-state index in [-0.39, 0.29) is 41.9 Å². The zero-order valence-corrected chi connectivity index (χ0v) is 14.7. The molecule has 0 aliphatic heterocycles. The molecule has 136 valence electrons. The van der Waals surface area contributed by atoms with Crippen molar-refractivity contribution in [1.29, 1.82) is 0 Å². The Balaban J connectivity index is 2.05. The van der Waals surface area contributed by atoms with Gasteiger partial charge in [0.05, 0.1) is 17.4 Å². The van der Waals surface area contributed by atoms with Gasteiger partial charge in [-0.3, -0.25) is 9.59 Å². The number of Topliss-reactive ketones (excluding diaryl/α,β-unsaturated/α-hetero) is 1. The highest BCUT2D eigenvalue weighted by Gasteiger charge is 2.14. The number of aromatic carboxylic acids is 1. The van der Waals surface area contributed by atoms with Crippen LogP contribution in [0.3, 0.4) is 0 Å². The van der Waals surface area contributed by atoms with E-state index in [9.17, 15) is 14.4 Å². The Labute approximate surface area is 151 Å². The molecule has 0 unspecified atom stereocenters. The second-order valence-corrected chi connectivity index (χ2v) is 6.02. The maximum absolute atomic E-state index is 12.2. The second-order valence-electron chi connectivity index (χ2n) is 6.02. The fourth-order valence-electron chi connectivity index (χ4n) is 2.33. The van der Waals surface area contributed by atoms with E-state index in [4.69, 9.17) is 9.84 Å². The van der Waals surface area contributed by atoms with E-state index in [1.807, 2.05) is 19.9 Å². The molecule has 0 heterocycles. The van der Waals surface area contributed by atoms with Crippen LogP contribution in [0.2, 0.25) is 0 Å². The maximum atomic E-state index is 12.2. The lowest BCUT2D eigenvalue weighted by molar-refractivity contribution is -0.116. The molecular weight excluding hydrogens is 334 g/mol. The lowest BCUT2D eigenvalue weighted by Crippen LogP contribution is -2.16. The first-order chi connectivity index (χ1) is 12.4. The first-order valence-electron chi connectivity index (χ1n) is 8.29. The summed E-state index contributed by atoms with van der Waals surface area (Å²) in [6, 6.07) is 13.0. The highest BCUT2D eigenvalue weighted by atomic mass is 16.5. The lowest BCUT2D eigenvalue weighted by atomic mass is 10.1. The quantitative estimate of drug-likeness (QED) is 0.703. The van der Waals surface area contributed by atoms with Gasteiger partial charge in [0.25, 0.3) is 0 Å². The average molecular weight is 355 g/mol. The Hall–Kier alpha value is -3.15. The number of anilines is 1. The smallest absolute Gasteiger partial charge is 0.335 e. The maximum Gasteiger partial charge on any atom is 0.335 e. The minimum absolute atomic E-state index is 0.00779. The number of hydrogen-bond acceptors (Lipinski definition) is 4. The van der Waals surface area contributed by atoms with Gasteiger partial charge >= 0.3 is 5.97 Å². The molecular formula is C20H21NO5. The molecule has 0 fully saturated rings. The van der Waals surface area contributed by atoms with Gasteiger partial charge in [-0.25, -0.2) is 4.79 Å². The number of carboxylic acid groups (broad SMARTS) is 1. The number of rotatable bonds is 8. The summed E-state index contributed by atoms with van der Waals surface area (Å²) in [6.45, 7) is 3.66. The van der Waals surface area contributed by atoms with E-state index < -0.39 is 5.97 Å². The van der Waals surface area contributed by atoms with Crippen LogP contribution in [0.1, 0.15) is 47.4 Å². The summed E-state index contributed by atoms with van der Waals surface area (Å²) in [5.41, 5.74) is 0.865. The van der Waals surface area contributed by atoms with E-state index in [0.717, 1.165) is 0 Å². The van der Waals surface area contributed by atoms with Gasteiger partial charge in [-0.2, -0.15) is 0 Å². The van der Waals surface area contributed by atoms with Gasteiger partial charge in [-0.1, -0.05) is 30.3 Å². The molecule has 6 heteroatoms. The van der Waals surface area contributed by atoms with Crippen molar-refractivity contribution in [2.45, 2.75) is 32.8 Å². The van der Waals surface area contributed by atoms with Crippen LogP contribution in [-0.4, -0.2) is 28.9 Å². The third kappa shape index (κ3) is 5.44. The van der Waals surface area contributed by atoms with Crippen LogP contribution in [0, 0.1) is 0 Å². The van der Waals surface area contributed by atoms with Crippen molar-refractivity contribution in [3.05, 3.63) is 59.7 Å². The van der Waals surface area contributed by atoms with Crippen molar-refractivity contribution < 1.29 is 24.2 Å². The summed E-state index contributed by atoms with van der Waals surface area (Å²) < 4.78 is 5.60. The van der Waals surface area contributed by atoms with E-state index in [1.54, 1.807) is 24.3 Å². The SMILES string of the molecule is CC(C)Oc1ccc(C(=O)O)cc1NC(=O)CCC(=O)c1ccccc1. The van der Waals surface area contributed by atoms with Gasteiger partial charge in [0.1, 0.15) is 5.75 Å². The number of carbonyl (C=O) groups is 3. The molecule has 2 aromatic rings. The number of ketones is 1. The van der Waals surface area contributed by atoms with Crippen molar-refractivity contribution in [3.63, 3.8) is 0 Å². The minimum atomic E-state index is -1.10. The van der Waals surface area contributed by atoms with Crippen molar-refractivity contribution >= 4 is 23.3 Å². The first-order valence-corrected chi connectivity index (χ1v) is 8.29. The van der Waals surface area contributed by atoms with Crippen molar-refractivity contribution in [1.82, 2.24) is 0 Å². The summed E-state index contributed by atoms with van der Waals surface area (Å²) in [7, 11) is 0. The van der Waals surface area contributed by atoms with Gasteiger partial charge < -0.3 is 15.2 Å². The minimum Gasteiger partial charge on any atom is -0.489 e. The molecule has 26 heavy (non-hydrogen) atoms. The number of benzene rings is 2. The summed E-state index contributed by atoms with van der Waals surface area (Å²) in [6.07, 6.45) is -0.0814. The number of carbonyl (C=O) groups excluding carboxylic acids is 2. The van der Waals surface area contributed by atoms with Gasteiger partial charge in [-0.05, 0) is 32.0 Å². The third-order valence-electron chi connectivity index (χ3n) is 3.54. The van der Waals surface area contributed by atoms with E-state index in [1.165, 1.54) is 18.2 Å². The summed E-state index contributed by atoms with van der Waals surface area (Å²) in [5.74, 6) is -1.23. The van der Waals surface area contributed by atoms with Gasteiger partial charge in [0, 0.05) is 18.4 Å². The number of carboxylic acids is 1. The molecule has 0 aromatic heterocycles. The number of ether oxygens (including phenoxy) is 1. The number of hydrogen-bond donors (Lipinski definition) is 2. The molecule has 0 saturated heterocycles. The molecule has 0 saturated carbocycles. The summed E-state index contributed by atoms with van der Waals surface area (Å²) in [4.78, 5) is 35.4. The van der Waals surface area contributed by atoms with Crippen LogP contribution in [0.25, 0.3) is 0 Å². The molecule has 0 aliphatic rings. The van der Waals surface area contributed by atoms with Crippen LogP contribution in [0.15, 0.2) is 48.5 Å². The predicted octanol–water partition coefficient (Wildman–Crippen LogP) is 3.77. The lowest BCUT2D eigenvalue weighted by Gasteiger charge is -2.15. The fourth-order valence-corrected chi connectivity index (χ4v) is 2.33. The Morgan fingerprint density at radius 1 is 1.00 bits per heavy atom. The van der Waals surface area contributed by atoms with Crippen molar-refractivity contribution in [3.8, 4) is 5.75 Å². The van der Waals surface area contributed by atoms with E-state index in [2.05, 4.69) is 5.32 Å². The Kier molecular flexibility index (Phi) is 6.49. The largest absolute Gasteiger partial charge is 0.489 e. The Morgan fingerprint density at radius 3 is 2.31 bits per heavy atom. The third-order valence-corrected chi connectivity index (χ3v) is 3.54. The molecule has 0 radical (unpaired) electrons. The average Bonchev–Trinajstić information content (AvgIpc) is 2.61. The topological polar surface area (TPSA) is 92.7 Å². The zero-order valence-electron chi connectivity index (χ0n) is 14.7. The van der Waals surface area contributed by atoms with Crippen LogP contribution >= 0.6 is 0 Å². The van der Waals surface area contributed by atoms with Crippen LogP contribution in [0.5, 0.6) is 5.75 Å². The highest BCUT2D eigenvalue weighted by Crippen LogP contribution is 2.27. The monoisotopic (exact) mass is 355 g/mol.